The van der Waals surface area contributed by atoms with Crippen LogP contribution in [0.5, 0.6) is 0 Å². The van der Waals surface area contributed by atoms with Gasteiger partial charge in [-0.2, -0.15) is 13.2 Å². The summed E-state index contributed by atoms with van der Waals surface area (Å²) in [4.78, 5) is 14.6. The minimum Gasteiger partial charge on any atom is -0.357 e. The highest BCUT2D eigenvalue weighted by molar-refractivity contribution is 7.09. The summed E-state index contributed by atoms with van der Waals surface area (Å²) in [7, 11) is 1.66. The van der Waals surface area contributed by atoms with Gasteiger partial charge in [0.15, 0.2) is 11.7 Å². The highest BCUT2D eigenvalue weighted by Crippen LogP contribution is 2.30. The summed E-state index contributed by atoms with van der Waals surface area (Å²) < 4.78 is 37.8. The zero-order valence-corrected chi connectivity index (χ0v) is 17.1. The molecule has 3 rings (SSSR count). The van der Waals surface area contributed by atoms with Crippen LogP contribution in [0, 0.1) is 0 Å². The number of halogens is 3. The fourth-order valence-corrected chi connectivity index (χ4v) is 3.92. The summed E-state index contributed by atoms with van der Waals surface area (Å²) >= 11 is 1.02. The van der Waals surface area contributed by atoms with Gasteiger partial charge in [0.1, 0.15) is 5.82 Å². The highest BCUT2D eigenvalue weighted by Gasteiger charge is 2.33. The third-order valence-electron chi connectivity index (χ3n) is 4.65. The third-order valence-corrected chi connectivity index (χ3v) is 5.56. The number of rotatable bonds is 6. The van der Waals surface area contributed by atoms with E-state index in [0.717, 1.165) is 41.2 Å². The Bertz CT molecular complexity index is 814. The van der Waals surface area contributed by atoms with E-state index in [1.54, 1.807) is 7.05 Å². The SMILES string of the molecule is CN=C(NCCc1nc(C(F)(F)F)cs1)NCc1ccnc(N2CCCCC2)c1. The van der Waals surface area contributed by atoms with Gasteiger partial charge >= 0.3 is 6.18 Å². The van der Waals surface area contributed by atoms with E-state index < -0.39 is 11.9 Å². The molecule has 0 atom stereocenters. The van der Waals surface area contributed by atoms with Gasteiger partial charge in [0, 0.05) is 51.2 Å². The molecule has 2 N–H and O–H groups in total. The van der Waals surface area contributed by atoms with Crippen LogP contribution in [0.3, 0.4) is 0 Å². The van der Waals surface area contributed by atoms with Gasteiger partial charge in [-0.25, -0.2) is 9.97 Å². The van der Waals surface area contributed by atoms with E-state index >= 15 is 0 Å². The van der Waals surface area contributed by atoms with Crippen molar-refractivity contribution in [2.24, 2.45) is 4.99 Å². The Kier molecular flexibility index (Phi) is 7.29. The summed E-state index contributed by atoms with van der Waals surface area (Å²) in [6, 6.07) is 4.04. The van der Waals surface area contributed by atoms with Gasteiger partial charge in [-0.1, -0.05) is 0 Å². The van der Waals surface area contributed by atoms with Crippen molar-refractivity contribution in [1.29, 1.82) is 0 Å². The number of aliphatic imine (C=N–C) groups is 1. The number of alkyl halides is 3. The monoisotopic (exact) mass is 426 g/mol. The minimum absolute atomic E-state index is 0.399. The van der Waals surface area contributed by atoms with Crippen molar-refractivity contribution in [3.8, 4) is 0 Å². The molecule has 2 aromatic rings. The first kappa shape index (κ1) is 21.4. The Morgan fingerprint density at radius 2 is 2.03 bits per heavy atom. The molecule has 1 fully saturated rings. The van der Waals surface area contributed by atoms with E-state index in [9.17, 15) is 13.2 Å². The van der Waals surface area contributed by atoms with Crippen LogP contribution in [0.4, 0.5) is 19.0 Å². The first-order valence-corrected chi connectivity index (χ1v) is 10.5. The summed E-state index contributed by atoms with van der Waals surface area (Å²) in [6.45, 7) is 3.11. The Balaban J connectivity index is 1.46. The number of pyridine rings is 1. The lowest BCUT2D eigenvalue weighted by molar-refractivity contribution is -0.140. The molecule has 3 heterocycles. The van der Waals surface area contributed by atoms with Crippen molar-refractivity contribution in [1.82, 2.24) is 20.6 Å². The van der Waals surface area contributed by atoms with Crippen molar-refractivity contribution in [2.45, 2.75) is 38.4 Å². The quantitative estimate of drug-likeness (QED) is 0.547. The Morgan fingerprint density at radius 1 is 1.24 bits per heavy atom. The molecule has 0 aliphatic carbocycles. The number of aromatic nitrogens is 2. The van der Waals surface area contributed by atoms with Crippen LogP contribution in [-0.2, 0) is 19.1 Å². The number of nitrogens with zero attached hydrogens (tertiary/aromatic N) is 4. The lowest BCUT2D eigenvalue weighted by Gasteiger charge is -2.28. The molecule has 0 amide bonds. The molecule has 0 bridgehead atoms. The summed E-state index contributed by atoms with van der Waals surface area (Å²) in [5.41, 5.74) is 0.264. The molecular formula is C19H25F3N6S. The molecule has 29 heavy (non-hydrogen) atoms. The van der Waals surface area contributed by atoms with Crippen LogP contribution in [0.25, 0.3) is 0 Å². The fourth-order valence-electron chi connectivity index (χ4n) is 3.12. The number of hydrogen-bond donors (Lipinski definition) is 2. The molecule has 0 spiro atoms. The molecule has 10 heteroatoms. The second-order valence-electron chi connectivity index (χ2n) is 6.80. The van der Waals surface area contributed by atoms with Gasteiger partial charge < -0.3 is 15.5 Å². The van der Waals surface area contributed by atoms with Crippen LogP contribution in [0.1, 0.15) is 35.5 Å². The predicted molar refractivity (Wildman–Crippen MR) is 109 cm³/mol. The molecule has 6 nitrogen and oxygen atoms in total. The largest absolute Gasteiger partial charge is 0.434 e. The standard InChI is InChI=1S/C19H25F3N6S/c1-23-18(25-8-6-17-27-15(13-29-17)19(20,21)22)26-12-14-5-7-24-16(11-14)28-9-3-2-4-10-28/h5,7,11,13H,2-4,6,8-10,12H2,1H3,(H2,23,25,26). The van der Waals surface area contributed by atoms with Crippen molar-refractivity contribution >= 4 is 23.1 Å². The van der Waals surface area contributed by atoms with Crippen LogP contribution in [-0.4, -0.2) is 42.6 Å². The van der Waals surface area contributed by atoms with Gasteiger partial charge in [-0.15, -0.1) is 11.3 Å². The van der Waals surface area contributed by atoms with E-state index in [4.69, 9.17) is 0 Å². The smallest absolute Gasteiger partial charge is 0.357 e. The van der Waals surface area contributed by atoms with Gasteiger partial charge in [-0.05, 0) is 37.0 Å². The number of guanidine groups is 1. The Hall–Kier alpha value is -2.36. The molecule has 1 aliphatic heterocycles. The normalized spacial score (nSPS) is 15.4. The van der Waals surface area contributed by atoms with E-state index in [1.807, 2.05) is 12.3 Å². The van der Waals surface area contributed by atoms with Crippen LogP contribution in [0.2, 0.25) is 0 Å². The summed E-state index contributed by atoms with van der Waals surface area (Å²) in [6.07, 6.45) is 1.50. The van der Waals surface area contributed by atoms with E-state index in [-0.39, 0.29) is 0 Å². The average molecular weight is 427 g/mol. The topological polar surface area (TPSA) is 65.4 Å². The number of anilines is 1. The number of piperidine rings is 1. The number of hydrogen-bond acceptors (Lipinski definition) is 5. The number of thiazole rings is 1. The minimum atomic E-state index is -4.39. The molecule has 2 aromatic heterocycles. The van der Waals surface area contributed by atoms with E-state index in [2.05, 4.69) is 36.6 Å². The molecule has 1 aliphatic rings. The number of nitrogens with one attached hydrogen (secondary N) is 2. The first-order chi connectivity index (χ1) is 14.0. The highest BCUT2D eigenvalue weighted by atomic mass is 32.1. The summed E-state index contributed by atoms with van der Waals surface area (Å²) in [5, 5.41) is 7.83. The van der Waals surface area contributed by atoms with Crippen LogP contribution >= 0.6 is 11.3 Å². The molecule has 0 saturated carbocycles. The van der Waals surface area contributed by atoms with E-state index in [0.29, 0.717) is 30.5 Å². The van der Waals surface area contributed by atoms with Crippen molar-refractivity contribution < 1.29 is 13.2 Å². The molecule has 0 unspecified atom stereocenters. The molecule has 158 valence electrons. The zero-order valence-electron chi connectivity index (χ0n) is 16.3. The van der Waals surface area contributed by atoms with Crippen LogP contribution < -0.4 is 15.5 Å². The average Bonchev–Trinajstić information content (AvgIpc) is 3.21. The molecule has 1 saturated heterocycles. The Morgan fingerprint density at radius 3 is 2.72 bits per heavy atom. The predicted octanol–water partition coefficient (Wildman–Crippen LogP) is 3.45. The molecule has 0 radical (unpaired) electrons. The van der Waals surface area contributed by atoms with Gasteiger partial charge in [0.05, 0.1) is 5.01 Å². The van der Waals surface area contributed by atoms with Crippen LogP contribution in [0.15, 0.2) is 28.7 Å². The third kappa shape index (κ3) is 6.31. The van der Waals surface area contributed by atoms with Crippen molar-refractivity contribution in [2.75, 3.05) is 31.6 Å². The van der Waals surface area contributed by atoms with Crippen molar-refractivity contribution in [3.05, 3.63) is 40.0 Å². The molecular weight excluding hydrogens is 401 g/mol. The zero-order chi connectivity index (χ0) is 20.7. The maximum Gasteiger partial charge on any atom is 0.434 e. The Labute approximate surface area is 172 Å². The lowest BCUT2D eigenvalue weighted by atomic mass is 10.1. The molecule has 0 aromatic carbocycles. The summed E-state index contributed by atoms with van der Waals surface area (Å²) in [5.74, 6) is 1.59. The lowest BCUT2D eigenvalue weighted by Crippen LogP contribution is -2.38. The van der Waals surface area contributed by atoms with E-state index in [1.165, 1.54) is 19.3 Å². The van der Waals surface area contributed by atoms with Gasteiger partial charge in [-0.3, -0.25) is 4.99 Å². The first-order valence-electron chi connectivity index (χ1n) is 9.61. The van der Waals surface area contributed by atoms with Gasteiger partial charge in [0.2, 0.25) is 0 Å². The maximum absolute atomic E-state index is 12.6. The fraction of sp³-hybridized carbons (Fsp3) is 0.526. The second kappa shape index (κ2) is 9.91. The maximum atomic E-state index is 12.6. The van der Waals surface area contributed by atoms with Gasteiger partial charge in [0.25, 0.3) is 0 Å². The second-order valence-corrected chi connectivity index (χ2v) is 7.74. The van der Waals surface area contributed by atoms with Crippen molar-refractivity contribution in [3.63, 3.8) is 0 Å².